The highest BCUT2D eigenvalue weighted by Crippen LogP contribution is 2.29. The number of aliphatic carboxylic acids is 1. The maximum absolute atomic E-state index is 12.5. The molecule has 0 amide bonds. The number of nitrogens with zero attached hydrogens (tertiary/aromatic N) is 1. The topological polar surface area (TPSA) is 74.7 Å². The first kappa shape index (κ1) is 15.3. The zero-order valence-electron chi connectivity index (χ0n) is 11.0. The SMILES string of the molecule is CC1CCN(S(=O)(=O)c2ccc(Cl)cc2)C(C(=O)O)C1. The highest BCUT2D eigenvalue weighted by molar-refractivity contribution is 7.89. The van der Waals surface area contributed by atoms with E-state index in [9.17, 15) is 18.3 Å². The van der Waals surface area contributed by atoms with Crippen LogP contribution in [0.4, 0.5) is 0 Å². The van der Waals surface area contributed by atoms with Gasteiger partial charge in [0.1, 0.15) is 6.04 Å². The van der Waals surface area contributed by atoms with Crippen LogP contribution in [0.3, 0.4) is 0 Å². The van der Waals surface area contributed by atoms with Gasteiger partial charge in [0.15, 0.2) is 0 Å². The van der Waals surface area contributed by atoms with Gasteiger partial charge < -0.3 is 5.11 Å². The fraction of sp³-hybridized carbons (Fsp3) is 0.462. The third-order valence-electron chi connectivity index (χ3n) is 3.52. The van der Waals surface area contributed by atoms with E-state index in [-0.39, 0.29) is 17.4 Å². The van der Waals surface area contributed by atoms with Crippen molar-refractivity contribution in [2.75, 3.05) is 6.54 Å². The number of rotatable bonds is 3. The van der Waals surface area contributed by atoms with E-state index >= 15 is 0 Å². The molecule has 20 heavy (non-hydrogen) atoms. The summed E-state index contributed by atoms with van der Waals surface area (Å²) in [5.41, 5.74) is 0. The molecule has 2 unspecified atom stereocenters. The Labute approximate surface area is 123 Å². The summed E-state index contributed by atoms with van der Waals surface area (Å²) in [6.45, 7) is 2.16. The first-order valence-corrected chi connectivity index (χ1v) is 8.14. The monoisotopic (exact) mass is 317 g/mol. The number of sulfonamides is 1. The van der Waals surface area contributed by atoms with Crippen LogP contribution in [0.25, 0.3) is 0 Å². The van der Waals surface area contributed by atoms with Crippen molar-refractivity contribution in [1.29, 1.82) is 0 Å². The highest BCUT2D eigenvalue weighted by Gasteiger charge is 2.39. The number of hydrogen-bond donors (Lipinski definition) is 1. The van der Waals surface area contributed by atoms with Crippen molar-refractivity contribution in [3.05, 3.63) is 29.3 Å². The van der Waals surface area contributed by atoms with Crippen LogP contribution in [0, 0.1) is 5.92 Å². The van der Waals surface area contributed by atoms with E-state index in [0.29, 0.717) is 17.9 Å². The molecule has 1 aliphatic rings. The van der Waals surface area contributed by atoms with E-state index in [1.54, 1.807) is 0 Å². The minimum atomic E-state index is -3.80. The summed E-state index contributed by atoms with van der Waals surface area (Å²) in [7, 11) is -3.80. The van der Waals surface area contributed by atoms with E-state index < -0.39 is 22.0 Å². The molecule has 1 N–H and O–H groups in total. The number of halogens is 1. The molecule has 2 atom stereocenters. The number of benzene rings is 1. The Morgan fingerprint density at radius 1 is 1.35 bits per heavy atom. The number of carbonyl (C=O) groups is 1. The van der Waals surface area contributed by atoms with Crippen LogP contribution < -0.4 is 0 Å². The molecule has 1 aromatic rings. The van der Waals surface area contributed by atoms with Crippen molar-refractivity contribution in [3.63, 3.8) is 0 Å². The maximum atomic E-state index is 12.5. The fourth-order valence-electron chi connectivity index (χ4n) is 2.37. The molecular formula is C13H16ClNO4S. The molecule has 2 rings (SSSR count). The largest absolute Gasteiger partial charge is 0.480 e. The highest BCUT2D eigenvalue weighted by atomic mass is 35.5. The molecule has 5 nitrogen and oxygen atoms in total. The van der Waals surface area contributed by atoms with Gasteiger partial charge in [0.2, 0.25) is 10.0 Å². The summed E-state index contributed by atoms with van der Waals surface area (Å²) in [5, 5.41) is 9.69. The summed E-state index contributed by atoms with van der Waals surface area (Å²) < 4.78 is 26.2. The van der Waals surface area contributed by atoms with Crippen LogP contribution >= 0.6 is 11.6 Å². The molecule has 1 aliphatic heterocycles. The number of hydrogen-bond acceptors (Lipinski definition) is 3. The van der Waals surface area contributed by atoms with E-state index in [1.165, 1.54) is 24.3 Å². The van der Waals surface area contributed by atoms with Gasteiger partial charge in [-0.15, -0.1) is 0 Å². The van der Waals surface area contributed by atoms with E-state index in [2.05, 4.69) is 0 Å². The van der Waals surface area contributed by atoms with Gasteiger partial charge in [-0.05, 0) is 43.0 Å². The predicted molar refractivity (Wildman–Crippen MR) is 75.2 cm³/mol. The molecule has 1 heterocycles. The summed E-state index contributed by atoms with van der Waals surface area (Å²) in [4.78, 5) is 11.4. The fourth-order valence-corrected chi connectivity index (χ4v) is 4.11. The molecule has 110 valence electrons. The summed E-state index contributed by atoms with van der Waals surface area (Å²) in [5.74, 6) is -0.901. The van der Waals surface area contributed by atoms with Gasteiger partial charge in [0, 0.05) is 11.6 Å². The Hall–Kier alpha value is -1.11. The number of carboxylic acids is 1. The Bertz CT molecular complexity index is 599. The van der Waals surface area contributed by atoms with Gasteiger partial charge >= 0.3 is 5.97 Å². The Morgan fingerprint density at radius 3 is 2.50 bits per heavy atom. The lowest BCUT2D eigenvalue weighted by molar-refractivity contribution is -0.143. The summed E-state index contributed by atoms with van der Waals surface area (Å²) in [6, 6.07) is 4.76. The molecule has 1 saturated heterocycles. The molecule has 0 radical (unpaired) electrons. The third-order valence-corrected chi connectivity index (χ3v) is 5.70. The summed E-state index contributed by atoms with van der Waals surface area (Å²) in [6.07, 6.45) is 0.999. The van der Waals surface area contributed by atoms with Gasteiger partial charge in [-0.1, -0.05) is 18.5 Å². The van der Waals surface area contributed by atoms with E-state index in [1.807, 2.05) is 6.92 Å². The zero-order chi connectivity index (χ0) is 14.9. The number of piperidine rings is 1. The van der Waals surface area contributed by atoms with Crippen molar-refractivity contribution in [2.24, 2.45) is 5.92 Å². The quantitative estimate of drug-likeness (QED) is 0.927. The van der Waals surface area contributed by atoms with Crippen molar-refractivity contribution < 1.29 is 18.3 Å². The molecule has 0 spiro atoms. The van der Waals surface area contributed by atoms with E-state index in [4.69, 9.17) is 11.6 Å². The van der Waals surface area contributed by atoms with Crippen molar-refractivity contribution in [1.82, 2.24) is 4.31 Å². The Balaban J connectivity index is 2.36. The van der Waals surface area contributed by atoms with Crippen molar-refractivity contribution in [2.45, 2.75) is 30.7 Å². The normalized spacial score (nSPS) is 24.5. The van der Waals surface area contributed by atoms with Gasteiger partial charge in [-0.25, -0.2) is 8.42 Å². The molecule has 7 heteroatoms. The first-order chi connectivity index (χ1) is 9.32. The second-order valence-electron chi connectivity index (χ2n) is 5.05. The van der Waals surface area contributed by atoms with Gasteiger partial charge in [-0.2, -0.15) is 4.31 Å². The van der Waals surface area contributed by atoms with Crippen LogP contribution in [0.2, 0.25) is 5.02 Å². The minimum absolute atomic E-state index is 0.0719. The van der Waals surface area contributed by atoms with Crippen molar-refractivity contribution in [3.8, 4) is 0 Å². The third kappa shape index (κ3) is 2.97. The average Bonchev–Trinajstić information content (AvgIpc) is 2.38. The zero-order valence-corrected chi connectivity index (χ0v) is 12.6. The maximum Gasteiger partial charge on any atom is 0.322 e. The smallest absolute Gasteiger partial charge is 0.322 e. The second kappa shape index (κ2) is 5.71. The Kier molecular flexibility index (Phi) is 4.36. The predicted octanol–water partition coefficient (Wildman–Crippen LogP) is 2.21. The second-order valence-corrected chi connectivity index (χ2v) is 7.38. The van der Waals surface area contributed by atoms with Crippen LogP contribution in [0.15, 0.2) is 29.2 Å². The molecule has 0 aromatic heterocycles. The Morgan fingerprint density at radius 2 is 1.95 bits per heavy atom. The molecule has 0 saturated carbocycles. The molecule has 1 aromatic carbocycles. The average molecular weight is 318 g/mol. The van der Waals surface area contributed by atoms with Crippen LogP contribution in [0.1, 0.15) is 19.8 Å². The van der Waals surface area contributed by atoms with Gasteiger partial charge in [-0.3, -0.25) is 4.79 Å². The lowest BCUT2D eigenvalue weighted by atomic mass is 9.94. The van der Waals surface area contributed by atoms with Crippen LogP contribution in [0.5, 0.6) is 0 Å². The lowest BCUT2D eigenvalue weighted by Crippen LogP contribution is -2.49. The van der Waals surface area contributed by atoms with Crippen LogP contribution in [-0.2, 0) is 14.8 Å². The van der Waals surface area contributed by atoms with Gasteiger partial charge in [0.25, 0.3) is 0 Å². The van der Waals surface area contributed by atoms with Crippen LogP contribution in [-0.4, -0.2) is 36.4 Å². The standard InChI is InChI=1S/C13H16ClNO4S/c1-9-6-7-15(12(8-9)13(16)17)20(18,19)11-4-2-10(14)3-5-11/h2-5,9,12H,6-8H2,1H3,(H,16,17). The summed E-state index contributed by atoms with van der Waals surface area (Å²) >= 11 is 5.74. The minimum Gasteiger partial charge on any atom is -0.480 e. The first-order valence-electron chi connectivity index (χ1n) is 6.32. The van der Waals surface area contributed by atoms with E-state index in [0.717, 1.165) is 4.31 Å². The van der Waals surface area contributed by atoms with Gasteiger partial charge in [0.05, 0.1) is 4.90 Å². The van der Waals surface area contributed by atoms with Crippen molar-refractivity contribution >= 4 is 27.6 Å². The lowest BCUT2D eigenvalue weighted by Gasteiger charge is -2.34. The molecule has 1 fully saturated rings. The molecule has 0 bridgehead atoms. The number of carboxylic acid groups (broad SMARTS) is 1. The molecular weight excluding hydrogens is 302 g/mol. The molecule has 0 aliphatic carbocycles.